The Morgan fingerprint density at radius 1 is 1.15 bits per heavy atom. The number of rotatable bonds is 5. The highest BCUT2D eigenvalue weighted by Crippen LogP contribution is 2.33. The van der Waals surface area contributed by atoms with Crippen LogP contribution in [-0.4, -0.2) is 15.5 Å². The van der Waals surface area contributed by atoms with Crippen molar-refractivity contribution in [3.05, 3.63) is 93.8 Å². The second kappa shape index (κ2) is 7.15. The van der Waals surface area contributed by atoms with E-state index < -0.39 is 0 Å². The molecule has 6 heteroatoms. The number of aromatic nitrogens is 2. The lowest BCUT2D eigenvalue weighted by molar-refractivity contribution is 0.102. The molecule has 1 aliphatic carbocycles. The summed E-state index contributed by atoms with van der Waals surface area (Å²) in [4.78, 5) is 28.5. The number of carbonyl (C=O) groups is 1. The zero-order valence-corrected chi connectivity index (χ0v) is 14.6. The second-order valence-electron chi connectivity index (χ2n) is 6.71. The maximum atomic E-state index is 13.3. The van der Waals surface area contributed by atoms with Crippen LogP contribution in [0.4, 0.5) is 10.2 Å². The van der Waals surface area contributed by atoms with E-state index in [1.54, 1.807) is 29.1 Å². The van der Waals surface area contributed by atoms with Gasteiger partial charge < -0.3 is 9.88 Å². The number of nitrogens with one attached hydrogen (secondary N) is 1. The monoisotopic (exact) mass is 363 g/mol. The topological polar surface area (TPSA) is 64.0 Å². The molecule has 2 heterocycles. The van der Waals surface area contributed by atoms with Crippen molar-refractivity contribution < 1.29 is 9.18 Å². The molecule has 0 atom stereocenters. The minimum atomic E-state index is -0.310. The van der Waals surface area contributed by atoms with Crippen LogP contribution in [0.5, 0.6) is 0 Å². The van der Waals surface area contributed by atoms with Crippen molar-refractivity contribution in [2.75, 3.05) is 5.32 Å². The number of anilines is 1. The molecule has 5 nitrogen and oxygen atoms in total. The van der Waals surface area contributed by atoms with Crippen LogP contribution in [0.2, 0.25) is 0 Å². The van der Waals surface area contributed by atoms with Crippen molar-refractivity contribution in [3.63, 3.8) is 0 Å². The number of pyridine rings is 2. The van der Waals surface area contributed by atoms with Gasteiger partial charge in [-0.1, -0.05) is 18.2 Å². The summed E-state index contributed by atoms with van der Waals surface area (Å²) in [5, 5.41) is 2.74. The Morgan fingerprint density at radius 2 is 2.00 bits per heavy atom. The number of benzene rings is 1. The van der Waals surface area contributed by atoms with Crippen molar-refractivity contribution in [2.45, 2.75) is 25.3 Å². The summed E-state index contributed by atoms with van der Waals surface area (Å²) in [6.45, 7) is 0. The zero-order chi connectivity index (χ0) is 18.8. The first-order chi connectivity index (χ1) is 13.1. The predicted molar refractivity (Wildman–Crippen MR) is 100 cm³/mol. The number of carbonyl (C=O) groups excluding carboxylic acids is 1. The lowest BCUT2D eigenvalue weighted by Gasteiger charge is -2.08. The summed E-state index contributed by atoms with van der Waals surface area (Å²) >= 11 is 0. The molecule has 0 saturated heterocycles. The summed E-state index contributed by atoms with van der Waals surface area (Å²) in [5.41, 5.74) is 2.11. The van der Waals surface area contributed by atoms with E-state index in [0.29, 0.717) is 17.8 Å². The van der Waals surface area contributed by atoms with Gasteiger partial charge in [0.05, 0.1) is 5.56 Å². The van der Waals surface area contributed by atoms with Gasteiger partial charge in [-0.05, 0) is 54.7 Å². The summed E-state index contributed by atoms with van der Waals surface area (Å²) in [6.07, 6.45) is 5.77. The first-order valence-electron chi connectivity index (χ1n) is 8.81. The number of hydrogen-bond acceptors (Lipinski definition) is 3. The molecule has 0 radical (unpaired) electrons. The van der Waals surface area contributed by atoms with E-state index in [2.05, 4.69) is 10.3 Å². The van der Waals surface area contributed by atoms with Gasteiger partial charge in [0, 0.05) is 24.5 Å². The number of halogens is 1. The minimum Gasteiger partial charge on any atom is -0.312 e. The summed E-state index contributed by atoms with van der Waals surface area (Å²) in [6, 6.07) is 13.1. The molecule has 1 aromatic carbocycles. The molecule has 1 fully saturated rings. The van der Waals surface area contributed by atoms with Gasteiger partial charge in [0.2, 0.25) is 0 Å². The number of hydrogen-bond donors (Lipinski definition) is 1. The number of amides is 1. The molecule has 27 heavy (non-hydrogen) atoms. The van der Waals surface area contributed by atoms with Gasteiger partial charge in [-0.2, -0.15) is 0 Å². The first-order valence-corrected chi connectivity index (χ1v) is 8.81. The Hall–Kier alpha value is -3.28. The maximum Gasteiger partial charge on any atom is 0.258 e. The third kappa shape index (κ3) is 4.11. The average molecular weight is 363 g/mol. The highest BCUT2D eigenvalue weighted by Gasteiger charge is 2.25. The van der Waals surface area contributed by atoms with E-state index >= 15 is 0 Å². The van der Waals surface area contributed by atoms with Crippen LogP contribution in [0.15, 0.2) is 65.7 Å². The second-order valence-corrected chi connectivity index (χ2v) is 6.71. The van der Waals surface area contributed by atoms with Gasteiger partial charge in [-0.3, -0.25) is 9.59 Å². The molecule has 2 aromatic heterocycles. The van der Waals surface area contributed by atoms with Crippen LogP contribution >= 0.6 is 0 Å². The van der Waals surface area contributed by atoms with E-state index in [-0.39, 0.29) is 23.3 Å². The fraction of sp³-hybridized carbons (Fsp3) is 0.190. The highest BCUT2D eigenvalue weighted by molar-refractivity contribution is 6.03. The summed E-state index contributed by atoms with van der Waals surface area (Å²) in [7, 11) is 0. The van der Waals surface area contributed by atoms with Gasteiger partial charge >= 0.3 is 0 Å². The lowest BCUT2D eigenvalue weighted by atomic mass is 10.1. The normalized spacial score (nSPS) is 13.4. The molecular weight excluding hydrogens is 345 g/mol. The molecule has 1 amide bonds. The van der Waals surface area contributed by atoms with Crippen molar-refractivity contribution >= 4 is 11.7 Å². The Bertz CT molecular complexity index is 1040. The van der Waals surface area contributed by atoms with Gasteiger partial charge in [-0.25, -0.2) is 9.37 Å². The molecule has 0 aliphatic heterocycles. The van der Waals surface area contributed by atoms with E-state index in [1.807, 2.05) is 12.1 Å². The molecule has 0 unspecified atom stereocenters. The molecule has 136 valence electrons. The molecule has 1 saturated carbocycles. The van der Waals surface area contributed by atoms with Crippen molar-refractivity contribution in [1.29, 1.82) is 0 Å². The van der Waals surface area contributed by atoms with Gasteiger partial charge in [0.1, 0.15) is 11.6 Å². The minimum absolute atomic E-state index is 0.0890. The van der Waals surface area contributed by atoms with Gasteiger partial charge in [0.25, 0.3) is 11.5 Å². The molecule has 1 N–H and O–H groups in total. The molecule has 3 aromatic rings. The summed E-state index contributed by atoms with van der Waals surface area (Å²) in [5.74, 6) is -0.154. The Balaban J connectivity index is 1.44. The van der Waals surface area contributed by atoms with Crippen LogP contribution in [0, 0.1) is 5.82 Å². The molecular formula is C21H18FN3O2. The lowest BCUT2D eigenvalue weighted by Crippen LogP contribution is -2.21. The van der Waals surface area contributed by atoms with E-state index in [4.69, 9.17) is 0 Å². The van der Waals surface area contributed by atoms with Crippen LogP contribution in [0.1, 0.15) is 40.4 Å². The van der Waals surface area contributed by atoms with Gasteiger partial charge in [-0.15, -0.1) is 0 Å². The standard InChI is InChI=1S/C21H18FN3O2/c22-17-3-1-2-14(11-17)10-15-4-8-19(23-12-15)24-21(27)16-5-9-20(26)25(13-16)18-6-7-18/h1-5,8-9,11-13,18H,6-7,10H2,(H,23,24,27). The van der Waals surface area contributed by atoms with Crippen LogP contribution in [0.25, 0.3) is 0 Å². The quantitative estimate of drug-likeness (QED) is 0.754. The van der Waals surface area contributed by atoms with E-state index in [9.17, 15) is 14.0 Å². The third-order valence-electron chi connectivity index (χ3n) is 4.50. The largest absolute Gasteiger partial charge is 0.312 e. The fourth-order valence-electron chi connectivity index (χ4n) is 2.95. The van der Waals surface area contributed by atoms with Crippen LogP contribution < -0.4 is 10.9 Å². The van der Waals surface area contributed by atoms with E-state index in [1.165, 1.54) is 24.3 Å². The number of nitrogens with zero attached hydrogens (tertiary/aromatic N) is 2. The SMILES string of the molecule is O=C(Nc1ccc(Cc2cccc(F)c2)cn1)c1ccc(=O)n(C2CC2)c1. The maximum absolute atomic E-state index is 13.3. The third-order valence-corrected chi connectivity index (χ3v) is 4.50. The Labute approximate surface area is 155 Å². The van der Waals surface area contributed by atoms with E-state index in [0.717, 1.165) is 24.0 Å². The fourth-order valence-corrected chi connectivity index (χ4v) is 2.95. The molecule has 0 spiro atoms. The Morgan fingerprint density at radius 3 is 2.70 bits per heavy atom. The van der Waals surface area contributed by atoms with Crippen molar-refractivity contribution in [1.82, 2.24) is 9.55 Å². The highest BCUT2D eigenvalue weighted by atomic mass is 19.1. The molecule has 4 rings (SSSR count). The van der Waals surface area contributed by atoms with Crippen molar-refractivity contribution in [2.24, 2.45) is 0 Å². The van der Waals surface area contributed by atoms with Crippen molar-refractivity contribution in [3.8, 4) is 0 Å². The molecule has 0 bridgehead atoms. The predicted octanol–water partition coefficient (Wildman–Crippen LogP) is 3.56. The smallest absolute Gasteiger partial charge is 0.258 e. The van der Waals surface area contributed by atoms with Crippen LogP contribution in [-0.2, 0) is 6.42 Å². The summed E-state index contributed by atoms with van der Waals surface area (Å²) < 4.78 is 14.9. The van der Waals surface area contributed by atoms with Gasteiger partial charge in [0.15, 0.2) is 0 Å². The average Bonchev–Trinajstić information content (AvgIpc) is 3.49. The first kappa shape index (κ1) is 17.1. The molecule has 1 aliphatic rings. The zero-order valence-electron chi connectivity index (χ0n) is 14.6. The Kier molecular flexibility index (Phi) is 4.54. The van der Waals surface area contributed by atoms with Crippen LogP contribution in [0.3, 0.4) is 0 Å².